The van der Waals surface area contributed by atoms with Gasteiger partial charge in [0.15, 0.2) is 0 Å². The summed E-state index contributed by atoms with van der Waals surface area (Å²) in [6, 6.07) is 0. The molecule has 0 aliphatic carbocycles. The number of halogens is 1. The molecule has 0 spiro atoms. The summed E-state index contributed by atoms with van der Waals surface area (Å²) in [5.74, 6) is 0.769. The zero-order valence-corrected chi connectivity index (χ0v) is 6.12. The molecule has 0 rings (SSSR count). The van der Waals surface area contributed by atoms with Crippen molar-refractivity contribution in [2.45, 2.75) is 25.6 Å². The molecule has 1 atom stereocenters. The Bertz CT molecular complexity index is 24.9. The van der Waals surface area contributed by atoms with Crippen molar-refractivity contribution in [3.63, 3.8) is 0 Å². The van der Waals surface area contributed by atoms with Gasteiger partial charge in [0.2, 0.25) is 0 Å². The molecule has 0 aromatic carbocycles. The van der Waals surface area contributed by atoms with Crippen molar-refractivity contribution >= 4 is 15.9 Å². The van der Waals surface area contributed by atoms with Crippen LogP contribution in [0.3, 0.4) is 0 Å². The van der Waals surface area contributed by atoms with E-state index < -0.39 is 0 Å². The summed E-state index contributed by atoms with van der Waals surface area (Å²) in [7, 11) is 0. The van der Waals surface area contributed by atoms with E-state index in [2.05, 4.69) is 36.7 Å². The van der Waals surface area contributed by atoms with Gasteiger partial charge in [-0.1, -0.05) is 36.7 Å². The van der Waals surface area contributed by atoms with Gasteiger partial charge in [-0.25, -0.2) is 0 Å². The Labute approximate surface area is 48.1 Å². The second-order valence-corrected chi connectivity index (χ2v) is 3.37. The van der Waals surface area contributed by atoms with Crippen molar-refractivity contribution in [2.24, 2.45) is 5.92 Å². The van der Waals surface area contributed by atoms with Gasteiger partial charge in [-0.15, -0.1) is 0 Å². The van der Waals surface area contributed by atoms with Gasteiger partial charge in [-0.2, -0.15) is 0 Å². The van der Waals surface area contributed by atoms with Gasteiger partial charge >= 0.3 is 0 Å². The fraction of sp³-hybridized carbons (Fsp3) is 1.00. The van der Waals surface area contributed by atoms with Crippen LogP contribution >= 0.6 is 15.9 Å². The molecule has 0 fully saturated rings. The summed E-state index contributed by atoms with van der Waals surface area (Å²) in [5, 5.41) is 0. The zero-order valence-electron chi connectivity index (χ0n) is 4.53. The van der Waals surface area contributed by atoms with Gasteiger partial charge in [0.1, 0.15) is 0 Å². The van der Waals surface area contributed by atoms with E-state index in [1.54, 1.807) is 0 Å². The Balaban J connectivity index is 2.99. The van der Waals surface area contributed by atoms with Gasteiger partial charge in [0.05, 0.1) is 0 Å². The lowest BCUT2D eigenvalue weighted by molar-refractivity contribution is 0.651. The topological polar surface area (TPSA) is 0 Å². The molecule has 0 nitrogen and oxygen atoms in total. The van der Waals surface area contributed by atoms with Crippen LogP contribution in [-0.4, -0.2) is 4.83 Å². The van der Waals surface area contributed by atoms with E-state index >= 15 is 0 Å². The molecule has 0 saturated heterocycles. The van der Waals surface area contributed by atoms with Crippen LogP contribution in [0.1, 0.15) is 20.8 Å². The van der Waals surface area contributed by atoms with Crippen molar-refractivity contribution in [1.82, 2.24) is 0 Å². The maximum Gasteiger partial charge on any atom is 0.0140 e. The smallest absolute Gasteiger partial charge is 0.0140 e. The minimum atomic E-state index is 0.664. The standard InChI is InChI=1S/C5H11Br/c1-4(2)5(3)6/h4-5H,1-3H3/t5-/m0/s1. The second kappa shape index (κ2) is 2.62. The Morgan fingerprint density at radius 1 is 1.17 bits per heavy atom. The van der Waals surface area contributed by atoms with Gasteiger partial charge in [0.25, 0.3) is 0 Å². The highest BCUT2D eigenvalue weighted by Crippen LogP contribution is 2.08. The normalized spacial score (nSPS) is 15.5. The molecule has 0 aliphatic rings. The van der Waals surface area contributed by atoms with E-state index in [0.29, 0.717) is 4.83 Å². The van der Waals surface area contributed by atoms with Crippen molar-refractivity contribution in [3.05, 3.63) is 0 Å². The summed E-state index contributed by atoms with van der Waals surface area (Å²) in [5.41, 5.74) is 0. The molecular weight excluding hydrogens is 140 g/mol. The molecule has 0 saturated carbocycles. The molecule has 6 heavy (non-hydrogen) atoms. The lowest BCUT2D eigenvalue weighted by atomic mass is 10.2. The Morgan fingerprint density at radius 3 is 1.33 bits per heavy atom. The van der Waals surface area contributed by atoms with Crippen LogP contribution in [0.15, 0.2) is 0 Å². The van der Waals surface area contributed by atoms with Crippen molar-refractivity contribution in [1.29, 1.82) is 0 Å². The average molecular weight is 151 g/mol. The molecule has 38 valence electrons. The van der Waals surface area contributed by atoms with Crippen LogP contribution in [0, 0.1) is 5.92 Å². The maximum atomic E-state index is 3.44. The molecule has 0 heterocycles. The highest BCUT2D eigenvalue weighted by molar-refractivity contribution is 9.09. The predicted octanol–water partition coefficient (Wildman–Crippen LogP) is 2.43. The van der Waals surface area contributed by atoms with Crippen LogP contribution in [-0.2, 0) is 0 Å². The summed E-state index contributed by atoms with van der Waals surface area (Å²) in [6.07, 6.45) is 0. The lowest BCUT2D eigenvalue weighted by Gasteiger charge is -2.03. The van der Waals surface area contributed by atoms with E-state index in [0.717, 1.165) is 5.92 Å². The molecule has 1 heteroatoms. The molecule has 0 unspecified atom stereocenters. The van der Waals surface area contributed by atoms with Crippen LogP contribution in [0.25, 0.3) is 0 Å². The van der Waals surface area contributed by atoms with E-state index in [-0.39, 0.29) is 0 Å². The first-order chi connectivity index (χ1) is 2.64. The summed E-state index contributed by atoms with van der Waals surface area (Å²) in [4.78, 5) is 0.664. The highest BCUT2D eigenvalue weighted by Gasteiger charge is 1.97. The second-order valence-electron chi connectivity index (χ2n) is 1.92. The molecule has 0 bridgehead atoms. The predicted molar refractivity (Wildman–Crippen MR) is 33.2 cm³/mol. The van der Waals surface area contributed by atoms with Crippen molar-refractivity contribution < 1.29 is 0 Å². The van der Waals surface area contributed by atoms with Gasteiger partial charge in [-0.05, 0) is 5.92 Å². The molecule has 0 aliphatic heterocycles. The fourth-order valence-corrected chi connectivity index (χ4v) is 0. The quantitative estimate of drug-likeness (QED) is 0.505. The van der Waals surface area contributed by atoms with Crippen LogP contribution in [0.2, 0.25) is 0 Å². The third-order valence-electron chi connectivity index (χ3n) is 0.919. The number of hydrogen-bond acceptors (Lipinski definition) is 0. The van der Waals surface area contributed by atoms with Crippen LogP contribution in [0.4, 0.5) is 0 Å². The van der Waals surface area contributed by atoms with Gasteiger partial charge in [-0.3, -0.25) is 0 Å². The monoisotopic (exact) mass is 150 g/mol. The minimum Gasteiger partial charge on any atom is -0.0891 e. The van der Waals surface area contributed by atoms with E-state index in [9.17, 15) is 0 Å². The summed E-state index contributed by atoms with van der Waals surface area (Å²) < 4.78 is 0. The fourth-order valence-electron chi connectivity index (χ4n) is 0. The number of alkyl halides is 1. The molecular formula is C5H11Br. The Hall–Kier alpha value is 0.480. The van der Waals surface area contributed by atoms with Crippen molar-refractivity contribution in [2.75, 3.05) is 0 Å². The Kier molecular flexibility index (Phi) is 2.83. The van der Waals surface area contributed by atoms with Gasteiger partial charge in [0, 0.05) is 4.83 Å². The first kappa shape index (κ1) is 6.48. The third-order valence-corrected chi connectivity index (χ3v) is 1.98. The molecule has 0 aromatic heterocycles. The summed E-state index contributed by atoms with van der Waals surface area (Å²) in [6.45, 7) is 6.55. The largest absolute Gasteiger partial charge is 0.0891 e. The van der Waals surface area contributed by atoms with Gasteiger partial charge < -0.3 is 0 Å². The molecule has 0 aromatic rings. The molecule has 0 radical (unpaired) electrons. The zero-order chi connectivity index (χ0) is 5.15. The summed E-state index contributed by atoms with van der Waals surface area (Å²) >= 11 is 3.44. The van der Waals surface area contributed by atoms with E-state index in [4.69, 9.17) is 0 Å². The first-order valence-electron chi connectivity index (χ1n) is 2.28. The molecule has 0 N–H and O–H groups in total. The number of hydrogen-bond donors (Lipinski definition) is 0. The highest BCUT2D eigenvalue weighted by atomic mass is 79.9. The lowest BCUT2D eigenvalue weighted by Crippen LogP contribution is -1.98. The van der Waals surface area contributed by atoms with Crippen LogP contribution in [0.5, 0.6) is 0 Å². The SMILES string of the molecule is CC(C)[C@H](C)Br. The van der Waals surface area contributed by atoms with E-state index in [1.807, 2.05) is 0 Å². The van der Waals surface area contributed by atoms with Crippen LogP contribution < -0.4 is 0 Å². The maximum absolute atomic E-state index is 3.44. The first-order valence-corrected chi connectivity index (χ1v) is 3.20. The molecule has 0 amide bonds. The van der Waals surface area contributed by atoms with Crippen molar-refractivity contribution in [3.8, 4) is 0 Å². The third kappa shape index (κ3) is 2.70. The number of rotatable bonds is 1. The van der Waals surface area contributed by atoms with E-state index in [1.165, 1.54) is 0 Å². The Morgan fingerprint density at radius 2 is 1.33 bits per heavy atom. The average Bonchev–Trinajstić information content (AvgIpc) is 1.36. The minimum absolute atomic E-state index is 0.664.